The Morgan fingerprint density at radius 1 is 0.435 bits per heavy atom. The largest absolute Gasteiger partial charge is 0.462 e. The molecule has 0 spiro atoms. The molecule has 13 heteroatoms. The number of ether oxygens (including phenoxy) is 4. The lowest BCUT2D eigenvalue weighted by Gasteiger charge is -2.40. The minimum atomic E-state index is -4.60. The maximum Gasteiger partial charge on any atom is 0.306 e. The Hall–Kier alpha value is -1.35. The van der Waals surface area contributed by atoms with E-state index >= 15 is 0 Å². The third kappa shape index (κ3) is 40.8. The van der Waals surface area contributed by atoms with Crippen LogP contribution in [0.3, 0.4) is 0 Å². The van der Waals surface area contributed by atoms with Crippen molar-refractivity contribution in [3.63, 3.8) is 0 Å². The summed E-state index contributed by atoms with van der Waals surface area (Å²) in [4.78, 5) is 25.6. The Morgan fingerprint density at radius 3 is 1.06 bits per heavy atom. The quantitative estimate of drug-likeness (QED) is 0.0257. The van der Waals surface area contributed by atoms with Gasteiger partial charge in [-0.25, -0.2) is 0 Å². The van der Waals surface area contributed by atoms with Crippen LogP contribution in [0.25, 0.3) is 0 Å². The third-order valence-corrected chi connectivity index (χ3v) is 14.7. The number of aliphatic hydroxyl groups excluding tert-OH is 3. The molecule has 0 aromatic carbocycles. The Bertz CT molecular complexity index is 1270. The maximum atomic E-state index is 12.9. The van der Waals surface area contributed by atoms with Crippen molar-refractivity contribution in [2.75, 3.05) is 19.0 Å². The molecule has 0 radical (unpaired) electrons. The summed E-state index contributed by atoms with van der Waals surface area (Å²) in [6, 6.07) is 0. The molecule has 1 saturated heterocycles. The predicted octanol–water partition coefficient (Wildman–Crippen LogP) is 14.0. The van der Waals surface area contributed by atoms with Gasteiger partial charge in [0.2, 0.25) is 0 Å². The maximum absolute atomic E-state index is 12.9. The number of rotatable bonds is 51. The summed E-state index contributed by atoms with van der Waals surface area (Å²) in [5.74, 6) is -1.95. The summed E-state index contributed by atoms with van der Waals surface area (Å²) in [6.07, 6.45) is 42.9. The van der Waals surface area contributed by atoms with Crippen LogP contribution in [0, 0.1) is 0 Å². The summed E-state index contributed by atoms with van der Waals surface area (Å²) < 4.78 is 54.4. The van der Waals surface area contributed by atoms with Crippen LogP contribution in [-0.4, -0.2) is 96.0 Å². The van der Waals surface area contributed by atoms with E-state index in [2.05, 4.69) is 13.8 Å². The van der Waals surface area contributed by atoms with Gasteiger partial charge < -0.3 is 34.3 Å². The van der Waals surface area contributed by atoms with E-state index in [0.29, 0.717) is 12.8 Å². The van der Waals surface area contributed by atoms with Crippen molar-refractivity contribution in [1.29, 1.82) is 0 Å². The van der Waals surface area contributed by atoms with E-state index in [4.69, 9.17) is 18.9 Å². The summed E-state index contributed by atoms with van der Waals surface area (Å²) in [6.45, 7) is 3.84. The zero-order valence-electron chi connectivity index (χ0n) is 44.5. The first-order chi connectivity index (χ1) is 33.5. The second-order valence-electron chi connectivity index (χ2n) is 20.7. The fraction of sp³-hybridized carbons (Fsp3) is 0.964. The first-order valence-corrected chi connectivity index (χ1v) is 30.7. The van der Waals surface area contributed by atoms with Crippen LogP contribution >= 0.6 is 0 Å². The zero-order chi connectivity index (χ0) is 50.5. The lowest BCUT2D eigenvalue weighted by atomic mass is 10.00. The highest BCUT2D eigenvalue weighted by Crippen LogP contribution is 2.24. The number of unbranched alkanes of at least 4 members (excludes halogenated alkanes) is 39. The highest BCUT2D eigenvalue weighted by atomic mass is 32.2. The summed E-state index contributed by atoms with van der Waals surface area (Å²) in [7, 11) is -4.60. The SMILES string of the molecule is CCCCCCCCCCCCCCCCCCCCCCCCCC(=O)O[C@H](COC(=O)CCCCCCCCCCCCCCCCCCCC)CO[C@H]1O[C@H](CS(=O)(=O)O)[C@@H](O)C(O)C1O. The van der Waals surface area contributed by atoms with Crippen molar-refractivity contribution in [2.45, 2.75) is 327 Å². The van der Waals surface area contributed by atoms with Crippen LogP contribution in [0.1, 0.15) is 290 Å². The first kappa shape index (κ1) is 65.7. The molecule has 0 bridgehead atoms. The monoisotopic (exact) mass is 1000 g/mol. The van der Waals surface area contributed by atoms with Gasteiger partial charge in [0.25, 0.3) is 10.1 Å². The molecule has 410 valence electrons. The van der Waals surface area contributed by atoms with Crippen molar-refractivity contribution in [1.82, 2.24) is 0 Å². The fourth-order valence-electron chi connectivity index (χ4n) is 9.45. The molecule has 0 saturated carbocycles. The molecule has 0 aromatic heterocycles. The van der Waals surface area contributed by atoms with Gasteiger partial charge in [0, 0.05) is 12.8 Å². The lowest BCUT2D eigenvalue weighted by molar-refractivity contribution is -0.297. The van der Waals surface area contributed by atoms with Crippen LogP contribution in [-0.2, 0) is 38.7 Å². The summed E-state index contributed by atoms with van der Waals surface area (Å²) in [5, 5.41) is 31.1. The van der Waals surface area contributed by atoms with E-state index in [-0.39, 0.29) is 19.4 Å². The van der Waals surface area contributed by atoms with Crippen molar-refractivity contribution >= 4 is 22.1 Å². The van der Waals surface area contributed by atoms with E-state index in [0.717, 1.165) is 38.5 Å². The number of aliphatic hydroxyl groups is 3. The Kier molecular flexibility index (Phi) is 44.2. The summed E-state index contributed by atoms with van der Waals surface area (Å²) in [5.41, 5.74) is 0. The van der Waals surface area contributed by atoms with Crippen molar-refractivity contribution in [2.24, 2.45) is 0 Å². The van der Waals surface area contributed by atoms with Gasteiger partial charge in [0.05, 0.1) is 6.61 Å². The Morgan fingerprint density at radius 2 is 0.739 bits per heavy atom. The number of carbonyl (C=O) groups is 2. The van der Waals surface area contributed by atoms with Gasteiger partial charge in [-0.2, -0.15) is 8.42 Å². The minimum Gasteiger partial charge on any atom is -0.462 e. The standard InChI is InChI=1S/C56H108O12S/c1-3-5-7-9-11-13-15-17-19-21-23-24-25-26-27-29-31-33-35-37-39-41-43-45-52(58)67-49(47-66-56-55(61)54(60)53(59)50(68-56)48-69(62,63)64)46-65-51(57)44-42-40-38-36-34-32-30-28-22-20-18-16-14-12-10-8-6-4-2/h49-50,53-56,59-61H,3-48H2,1-2H3,(H,62,63,64)/t49-,50-,53-,54?,55?,56+/m1/s1. The van der Waals surface area contributed by atoms with Crippen LogP contribution < -0.4 is 0 Å². The van der Waals surface area contributed by atoms with Crippen LogP contribution in [0.5, 0.6) is 0 Å². The molecule has 1 aliphatic heterocycles. The van der Waals surface area contributed by atoms with Gasteiger partial charge in [0.1, 0.15) is 36.8 Å². The van der Waals surface area contributed by atoms with Crippen molar-refractivity contribution in [3.05, 3.63) is 0 Å². The smallest absolute Gasteiger partial charge is 0.306 e. The second kappa shape index (κ2) is 46.4. The van der Waals surface area contributed by atoms with Gasteiger partial charge in [-0.1, -0.05) is 264 Å². The molecule has 6 atom stereocenters. The molecule has 0 aliphatic carbocycles. The molecular formula is C56H108O12S. The average Bonchev–Trinajstić information content (AvgIpc) is 3.32. The molecular weight excluding hydrogens is 897 g/mol. The normalized spacial score (nSPS) is 19.0. The van der Waals surface area contributed by atoms with Crippen LogP contribution in [0.4, 0.5) is 0 Å². The Balaban J connectivity index is 2.28. The molecule has 1 heterocycles. The van der Waals surface area contributed by atoms with Crippen LogP contribution in [0.2, 0.25) is 0 Å². The molecule has 4 N–H and O–H groups in total. The number of carbonyl (C=O) groups excluding carboxylic acids is 2. The molecule has 1 rings (SSSR count). The van der Waals surface area contributed by atoms with Gasteiger partial charge in [0.15, 0.2) is 12.4 Å². The highest BCUT2D eigenvalue weighted by Gasteiger charge is 2.46. The van der Waals surface area contributed by atoms with Crippen molar-refractivity contribution in [3.8, 4) is 0 Å². The van der Waals surface area contributed by atoms with E-state index < -0.39 is 71.2 Å². The third-order valence-electron chi connectivity index (χ3n) is 13.9. The van der Waals surface area contributed by atoms with E-state index in [1.54, 1.807) is 0 Å². The summed E-state index contributed by atoms with van der Waals surface area (Å²) >= 11 is 0. The fourth-order valence-corrected chi connectivity index (χ4v) is 10.1. The van der Waals surface area contributed by atoms with Gasteiger partial charge in [-0.15, -0.1) is 0 Å². The van der Waals surface area contributed by atoms with Gasteiger partial charge >= 0.3 is 11.9 Å². The molecule has 2 unspecified atom stereocenters. The molecule has 0 amide bonds. The first-order valence-electron chi connectivity index (χ1n) is 29.1. The topological polar surface area (TPSA) is 186 Å². The lowest BCUT2D eigenvalue weighted by Crippen LogP contribution is -2.60. The molecule has 1 fully saturated rings. The Labute approximate surface area is 423 Å². The highest BCUT2D eigenvalue weighted by molar-refractivity contribution is 7.85. The number of hydrogen-bond acceptors (Lipinski definition) is 11. The minimum absolute atomic E-state index is 0.173. The molecule has 0 aromatic rings. The average molecular weight is 1010 g/mol. The number of hydrogen-bond donors (Lipinski definition) is 4. The predicted molar refractivity (Wildman–Crippen MR) is 280 cm³/mol. The van der Waals surface area contributed by atoms with E-state index in [1.165, 1.54) is 212 Å². The number of esters is 2. The molecule has 1 aliphatic rings. The van der Waals surface area contributed by atoms with E-state index in [1.807, 2.05) is 0 Å². The zero-order valence-corrected chi connectivity index (χ0v) is 45.3. The van der Waals surface area contributed by atoms with E-state index in [9.17, 15) is 37.9 Å². The van der Waals surface area contributed by atoms with Crippen LogP contribution in [0.15, 0.2) is 0 Å². The molecule has 69 heavy (non-hydrogen) atoms. The van der Waals surface area contributed by atoms with Gasteiger partial charge in [-0.3, -0.25) is 14.1 Å². The van der Waals surface area contributed by atoms with Gasteiger partial charge in [-0.05, 0) is 12.8 Å². The second-order valence-corrected chi connectivity index (χ2v) is 22.2. The van der Waals surface area contributed by atoms with Crippen molar-refractivity contribution < 1.29 is 56.8 Å². The molecule has 12 nitrogen and oxygen atoms in total.